The third-order valence-electron chi connectivity index (χ3n) is 3.97. The van der Waals surface area contributed by atoms with E-state index in [1.807, 2.05) is 13.0 Å². The van der Waals surface area contributed by atoms with Gasteiger partial charge in [0.25, 0.3) is 0 Å². The van der Waals surface area contributed by atoms with Crippen LogP contribution in [0.1, 0.15) is 27.2 Å². The number of likely N-dealkylation sites (N-methyl/N-ethyl adjacent to an activating group) is 1. The molecule has 0 saturated heterocycles. The molecule has 0 aliphatic rings. The molecule has 2 aromatic rings. The van der Waals surface area contributed by atoms with Crippen LogP contribution in [0.25, 0.3) is 0 Å². The third kappa shape index (κ3) is 5.04. The molecule has 1 heterocycles. The summed E-state index contributed by atoms with van der Waals surface area (Å²) < 4.78 is 0. The van der Waals surface area contributed by atoms with Crippen LogP contribution in [-0.2, 0) is 6.54 Å². The monoisotopic (exact) mass is 345 g/mol. The molecule has 0 fully saturated rings. The number of nitrogens with zero attached hydrogens (tertiary/aromatic N) is 3. The van der Waals surface area contributed by atoms with Gasteiger partial charge in [0.1, 0.15) is 5.01 Å². The number of benzene rings is 1. The normalized spacial score (nSPS) is 13.2. The van der Waals surface area contributed by atoms with E-state index < -0.39 is 0 Å². The Kier molecular flexibility index (Phi) is 6.75. The van der Waals surface area contributed by atoms with Gasteiger partial charge in [0.05, 0.1) is 18.3 Å². The van der Waals surface area contributed by atoms with Crippen molar-refractivity contribution in [1.82, 2.24) is 20.5 Å². The Morgan fingerprint density at radius 2 is 1.92 bits per heavy atom. The molecule has 6 heteroatoms. The van der Waals surface area contributed by atoms with Gasteiger partial charge in [0.15, 0.2) is 5.96 Å². The standard InChI is InChI=1S/C18H27N5S/c1-13-14(2)24-17(22-13)12-21-18(19-3)20-11-16(23(4)5)15-9-7-6-8-10-15/h6-10,16H,11-12H2,1-5H3,(H2,19,20,21). The maximum Gasteiger partial charge on any atom is 0.191 e. The molecule has 130 valence electrons. The number of aromatic nitrogens is 1. The van der Waals surface area contributed by atoms with E-state index in [0.29, 0.717) is 6.54 Å². The first-order valence-corrected chi connectivity index (χ1v) is 8.91. The zero-order valence-electron chi connectivity index (χ0n) is 15.1. The average Bonchev–Trinajstić information content (AvgIpc) is 2.89. The summed E-state index contributed by atoms with van der Waals surface area (Å²) in [6, 6.07) is 10.8. The smallest absolute Gasteiger partial charge is 0.191 e. The summed E-state index contributed by atoms with van der Waals surface area (Å²) in [4.78, 5) is 12.3. The lowest BCUT2D eigenvalue weighted by Gasteiger charge is -2.26. The van der Waals surface area contributed by atoms with Gasteiger partial charge in [0, 0.05) is 18.5 Å². The van der Waals surface area contributed by atoms with Gasteiger partial charge in [-0.15, -0.1) is 11.3 Å². The fourth-order valence-electron chi connectivity index (χ4n) is 2.46. The van der Waals surface area contributed by atoms with Crippen LogP contribution in [0.3, 0.4) is 0 Å². The number of guanidine groups is 1. The fraction of sp³-hybridized carbons (Fsp3) is 0.444. The molecule has 5 nitrogen and oxygen atoms in total. The van der Waals surface area contributed by atoms with Crippen LogP contribution in [0.4, 0.5) is 0 Å². The number of aryl methyl sites for hydroxylation is 2. The largest absolute Gasteiger partial charge is 0.354 e. The Balaban J connectivity index is 1.92. The molecule has 0 spiro atoms. The van der Waals surface area contributed by atoms with Crippen molar-refractivity contribution in [2.75, 3.05) is 27.7 Å². The summed E-state index contributed by atoms with van der Waals surface area (Å²) in [7, 11) is 5.98. The van der Waals surface area contributed by atoms with E-state index in [1.54, 1.807) is 18.4 Å². The molecule has 1 aromatic carbocycles. The van der Waals surface area contributed by atoms with Crippen molar-refractivity contribution in [2.45, 2.75) is 26.4 Å². The SMILES string of the molecule is CN=C(NCc1nc(C)c(C)s1)NCC(c1ccccc1)N(C)C. The highest BCUT2D eigenvalue weighted by atomic mass is 32.1. The van der Waals surface area contributed by atoms with Crippen molar-refractivity contribution in [3.8, 4) is 0 Å². The van der Waals surface area contributed by atoms with Gasteiger partial charge in [-0.1, -0.05) is 30.3 Å². The summed E-state index contributed by atoms with van der Waals surface area (Å²) in [5.74, 6) is 0.795. The van der Waals surface area contributed by atoms with Crippen LogP contribution in [0.5, 0.6) is 0 Å². The zero-order chi connectivity index (χ0) is 17.5. The van der Waals surface area contributed by atoms with Gasteiger partial charge < -0.3 is 15.5 Å². The molecule has 0 radical (unpaired) electrons. The zero-order valence-corrected chi connectivity index (χ0v) is 15.9. The minimum absolute atomic E-state index is 0.286. The molecule has 1 atom stereocenters. The summed E-state index contributed by atoms with van der Waals surface area (Å²) in [6.45, 7) is 5.62. The minimum atomic E-state index is 0.286. The van der Waals surface area contributed by atoms with Gasteiger partial charge >= 0.3 is 0 Å². The number of rotatable bonds is 6. The molecule has 0 amide bonds. The number of hydrogen-bond donors (Lipinski definition) is 2. The molecule has 1 aromatic heterocycles. The Labute approximate surface area is 148 Å². The van der Waals surface area contributed by atoms with Gasteiger partial charge in [0.2, 0.25) is 0 Å². The third-order valence-corrected chi connectivity index (χ3v) is 5.05. The second-order valence-electron chi connectivity index (χ2n) is 5.95. The maximum atomic E-state index is 4.55. The van der Waals surface area contributed by atoms with Crippen LogP contribution in [0, 0.1) is 13.8 Å². The fourth-order valence-corrected chi connectivity index (χ4v) is 3.34. The van der Waals surface area contributed by atoms with Crippen LogP contribution in [-0.4, -0.2) is 43.5 Å². The van der Waals surface area contributed by atoms with Crippen molar-refractivity contribution in [3.63, 3.8) is 0 Å². The number of nitrogens with one attached hydrogen (secondary N) is 2. The Hall–Kier alpha value is -1.92. The van der Waals surface area contributed by atoms with Gasteiger partial charge in [-0.25, -0.2) is 4.98 Å². The summed E-state index contributed by atoms with van der Waals surface area (Å²) >= 11 is 1.73. The minimum Gasteiger partial charge on any atom is -0.354 e. The van der Waals surface area contributed by atoms with Crippen molar-refractivity contribution in [2.24, 2.45) is 4.99 Å². The number of thiazole rings is 1. The van der Waals surface area contributed by atoms with Gasteiger partial charge in [-0.05, 0) is 33.5 Å². The Morgan fingerprint density at radius 3 is 2.46 bits per heavy atom. The van der Waals surface area contributed by atoms with Gasteiger partial charge in [-0.2, -0.15) is 0 Å². The van der Waals surface area contributed by atoms with E-state index in [2.05, 4.69) is 70.8 Å². The van der Waals surface area contributed by atoms with Crippen molar-refractivity contribution >= 4 is 17.3 Å². The highest BCUT2D eigenvalue weighted by molar-refractivity contribution is 7.11. The summed E-state index contributed by atoms with van der Waals surface area (Å²) in [6.07, 6.45) is 0. The molecule has 2 N–H and O–H groups in total. The highest BCUT2D eigenvalue weighted by Gasteiger charge is 2.14. The predicted molar refractivity (Wildman–Crippen MR) is 103 cm³/mol. The average molecular weight is 346 g/mol. The maximum absolute atomic E-state index is 4.55. The number of hydrogen-bond acceptors (Lipinski definition) is 4. The lowest BCUT2D eigenvalue weighted by Crippen LogP contribution is -2.41. The van der Waals surface area contributed by atoms with Crippen molar-refractivity contribution in [3.05, 3.63) is 51.5 Å². The lowest BCUT2D eigenvalue weighted by atomic mass is 10.1. The van der Waals surface area contributed by atoms with Crippen molar-refractivity contribution < 1.29 is 0 Å². The van der Waals surface area contributed by atoms with Crippen LogP contribution in [0.15, 0.2) is 35.3 Å². The first-order valence-electron chi connectivity index (χ1n) is 8.10. The highest BCUT2D eigenvalue weighted by Crippen LogP contribution is 2.17. The molecular formula is C18H27N5S. The number of aliphatic imine (C=N–C) groups is 1. The molecule has 24 heavy (non-hydrogen) atoms. The second kappa shape index (κ2) is 8.80. The van der Waals surface area contributed by atoms with Crippen LogP contribution in [0.2, 0.25) is 0 Å². The Morgan fingerprint density at radius 1 is 1.21 bits per heavy atom. The molecule has 2 rings (SSSR count). The summed E-state index contributed by atoms with van der Waals surface area (Å²) in [5, 5.41) is 7.84. The van der Waals surface area contributed by atoms with Crippen LogP contribution < -0.4 is 10.6 Å². The lowest BCUT2D eigenvalue weighted by molar-refractivity contribution is 0.298. The van der Waals surface area contributed by atoms with Crippen LogP contribution >= 0.6 is 11.3 Å². The quantitative estimate of drug-likeness (QED) is 0.624. The van der Waals surface area contributed by atoms with Crippen molar-refractivity contribution in [1.29, 1.82) is 0 Å². The predicted octanol–water partition coefficient (Wildman–Crippen LogP) is 2.73. The van der Waals surface area contributed by atoms with Gasteiger partial charge in [-0.3, -0.25) is 4.99 Å². The molecular weight excluding hydrogens is 318 g/mol. The molecule has 0 aliphatic carbocycles. The Bertz CT molecular complexity index is 644. The first kappa shape index (κ1) is 18.4. The van der Waals surface area contributed by atoms with E-state index >= 15 is 0 Å². The molecule has 1 unspecified atom stereocenters. The van der Waals surface area contributed by atoms with E-state index in [4.69, 9.17) is 0 Å². The van der Waals surface area contributed by atoms with E-state index in [9.17, 15) is 0 Å². The topological polar surface area (TPSA) is 52.6 Å². The van der Waals surface area contributed by atoms with E-state index in [1.165, 1.54) is 10.4 Å². The first-order chi connectivity index (χ1) is 11.5. The molecule has 0 bridgehead atoms. The van der Waals surface area contributed by atoms with E-state index in [0.717, 1.165) is 23.2 Å². The van der Waals surface area contributed by atoms with E-state index in [-0.39, 0.29) is 6.04 Å². The summed E-state index contributed by atoms with van der Waals surface area (Å²) in [5.41, 5.74) is 2.40. The second-order valence-corrected chi connectivity index (χ2v) is 7.23. The molecule has 0 aliphatic heterocycles. The molecule has 0 saturated carbocycles.